The number of nitrogens with one attached hydrogen (secondary N) is 1. The van der Waals surface area contributed by atoms with Crippen LogP contribution in [0.25, 0.3) is 0 Å². The molecule has 0 aromatic rings. The third-order valence-corrected chi connectivity index (χ3v) is 0.952. The van der Waals surface area contributed by atoms with Gasteiger partial charge in [-0.15, -0.1) is 4.39 Å². The molecule has 0 saturated carbocycles. The molecule has 0 saturated heterocycles. The number of amides is 1. The SMILES string of the molecule is O=C(F)NCC[C@H](O)CO. The Bertz CT molecular complexity index is 109. The topological polar surface area (TPSA) is 69.6 Å². The predicted molar refractivity (Wildman–Crippen MR) is 32.2 cm³/mol. The van der Waals surface area contributed by atoms with Gasteiger partial charge in [-0.2, -0.15) is 0 Å². The van der Waals surface area contributed by atoms with Gasteiger partial charge >= 0.3 is 6.16 Å². The van der Waals surface area contributed by atoms with E-state index in [1.165, 1.54) is 0 Å². The normalized spacial score (nSPS) is 12.7. The molecule has 60 valence electrons. The smallest absolute Gasteiger partial charge is 0.394 e. The molecule has 0 bridgehead atoms. The van der Waals surface area contributed by atoms with Gasteiger partial charge in [-0.25, -0.2) is 4.79 Å². The van der Waals surface area contributed by atoms with Crippen LogP contribution in [0.4, 0.5) is 9.18 Å². The van der Waals surface area contributed by atoms with Crippen molar-refractivity contribution in [3.63, 3.8) is 0 Å². The predicted octanol–water partition coefficient (Wildman–Crippen LogP) is -0.591. The first-order valence-corrected chi connectivity index (χ1v) is 2.89. The van der Waals surface area contributed by atoms with Crippen molar-refractivity contribution < 1.29 is 19.4 Å². The Hall–Kier alpha value is -0.680. The highest BCUT2D eigenvalue weighted by Crippen LogP contribution is 1.86. The van der Waals surface area contributed by atoms with E-state index in [1.807, 2.05) is 5.32 Å². The van der Waals surface area contributed by atoms with E-state index in [2.05, 4.69) is 0 Å². The number of carbonyl (C=O) groups is 1. The van der Waals surface area contributed by atoms with Crippen LogP contribution in [-0.2, 0) is 0 Å². The van der Waals surface area contributed by atoms with Crippen molar-refractivity contribution in [1.29, 1.82) is 0 Å². The second-order valence-corrected chi connectivity index (χ2v) is 1.83. The number of hydrogen-bond acceptors (Lipinski definition) is 3. The monoisotopic (exact) mass is 151 g/mol. The van der Waals surface area contributed by atoms with Crippen LogP contribution in [-0.4, -0.2) is 35.6 Å². The van der Waals surface area contributed by atoms with Crippen LogP contribution in [0.15, 0.2) is 0 Å². The van der Waals surface area contributed by atoms with Crippen molar-refractivity contribution in [2.75, 3.05) is 13.2 Å². The van der Waals surface area contributed by atoms with Crippen LogP contribution < -0.4 is 5.32 Å². The number of hydrogen-bond donors (Lipinski definition) is 3. The van der Waals surface area contributed by atoms with Crippen molar-refractivity contribution in [2.24, 2.45) is 0 Å². The Morgan fingerprint density at radius 3 is 2.70 bits per heavy atom. The average Bonchev–Trinajstić information content (AvgIpc) is 1.87. The summed E-state index contributed by atoms with van der Waals surface area (Å²) in [7, 11) is 0. The first-order valence-electron chi connectivity index (χ1n) is 2.89. The Morgan fingerprint density at radius 1 is 1.70 bits per heavy atom. The summed E-state index contributed by atoms with van der Waals surface area (Å²) in [6.07, 6.45) is -2.34. The van der Waals surface area contributed by atoms with Gasteiger partial charge in [-0.05, 0) is 6.42 Å². The summed E-state index contributed by atoms with van der Waals surface area (Å²) >= 11 is 0. The van der Waals surface area contributed by atoms with Crippen LogP contribution >= 0.6 is 0 Å². The van der Waals surface area contributed by atoms with Crippen molar-refractivity contribution in [1.82, 2.24) is 5.32 Å². The molecular formula is C5H10FNO3. The molecule has 0 rings (SSSR count). The molecule has 0 unspecified atom stereocenters. The summed E-state index contributed by atoms with van der Waals surface area (Å²) in [6.45, 7) is -0.334. The van der Waals surface area contributed by atoms with Gasteiger partial charge < -0.3 is 15.5 Å². The van der Waals surface area contributed by atoms with E-state index in [4.69, 9.17) is 10.2 Å². The molecule has 0 heterocycles. The maximum absolute atomic E-state index is 11.4. The Morgan fingerprint density at radius 2 is 2.30 bits per heavy atom. The molecule has 10 heavy (non-hydrogen) atoms. The summed E-state index contributed by atoms with van der Waals surface area (Å²) in [6, 6.07) is 0. The van der Waals surface area contributed by atoms with Gasteiger partial charge in [0.25, 0.3) is 0 Å². The van der Waals surface area contributed by atoms with Gasteiger partial charge in [0.15, 0.2) is 0 Å². The standard InChI is InChI=1S/C5H10FNO3/c6-5(10)7-2-1-4(9)3-8/h4,8-9H,1-3H2,(H,7,10)/t4-/m0/s1. The van der Waals surface area contributed by atoms with Crippen molar-refractivity contribution in [3.8, 4) is 0 Å². The van der Waals surface area contributed by atoms with Crippen LogP contribution in [0.3, 0.4) is 0 Å². The lowest BCUT2D eigenvalue weighted by atomic mass is 10.3. The van der Waals surface area contributed by atoms with E-state index in [-0.39, 0.29) is 19.6 Å². The maximum Gasteiger partial charge on any atom is 0.397 e. The van der Waals surface area contributed by atoms with E-state index in [0.717, 1.165) is 0 Å². The minimum absolute atomic E-state index is 0.0388. The van der Waals surface area contributed by atoms with Crippen molar-refractivity contribution >= 4 is 6.16 Å². The van der Waals surface area contributed by atoms with Crippen LogP contribution in [0.5, 0.6) is 0 Å². The van der Waals surface area contributed by atoms with Gasteiger partial charge in [-0.3, -0.25) is 0 Å². The van der Waals surface area contributed by atoms with Gasteiger partial charge in [0, 0.05) is 6.54 Å². The lowest BCUT2D eigenvalue weighted by Gasteiger charge is -2.04. The molecule has 0 aliphatic carbocycles. The first-order chi connectivity index (χ1) is 4.66. The molecule has 0 aromatic heterocycles. The zero-order valence-corrected chi connectivity index (χ0v) is 5.38. The second kappa shape index (κ2) is 5.13. The summed E-state index contributed by atoms with van der Waals surface area (Å²) in [5.74, 6) is 0. The highest BCUT2D eigenvalue weighted by molar-refractivity contribution is 5.65. The molecular weight excluding hydrogens is 141 g/mol. The fourth-order valence-electron chi connectivity index (χ4n) is 0.428. The zero-order valence-electron chi connectivity index (χ0n) is 5.38. The molecule has 3 N–H and O–H groups in total. The fourth-order valence-corrected chi connectivity index (χ4v) is 0.428. The van der Waals surface area contributed by atoms with E-state index in [9.17, 15) is 9.18 Å². The van der Waals surface area contributed by atoms with Gasteiger partial charge in [-0.1, -0.05) is 0 Å². The number of rotatable bonds is 4. The number of aliphatic hydroxyl groups is 2. The first kappa shape index (κ1) is 9.32. The molecule has 5 heteroatoms. The molecule has 0 aliphatic heterocycles. The van der Waals surface area contributed by atoms with Crippen LogP contribution in [0.1, 0.15) is 6.42 Å². The maximum atomic E-state index is 11.4. The lowest BCUT2D eigenvalue weighted by Crippen LogP contribution is -2.24. The molecule has 0 spiro atoms. The second-order valence-electron chi connectivity index (χ2n) is 1.83. The minimum Gasteiger partial charge on any atom is -0.394 e. The van der Waals surface area contributed by atoms with Gasteiger partial charge in [0.2, 0.25) is 0 Å². The molecule has 1 amide bonds. The van der Waals surface area contributed by atoms with Gasteiger partial charge in [0.05, 0.1) is 12.7 Å². The summed E-state index contributed by atoms with van der Waals surface area (Å²) in [5.41, 5.74) is 0. The van der Waals surface area contributed by atoms with Crippen LogP contribution in [0.2, 0.25) is 0 Å². The molecule has 0 aromatic carbocycles. The molecule has 0 radical (unpaired) electrons. The molecule has 0 fully saturated rings. The molecule has 1 atom stereocenters. The number of carbonyl (C=O) groups excluding carboxylic acids is 1. The average molecular weight is 151 g/mol. The lowest BCUT2D eigenvalue weighted by molar-refractivity contribution is 0.0885. The summed E-state index contributed by atoms with van der Waals surface area (Å²) in [4.78, 5) is 9.59. The Kier molecular flexibility index (Phi) is 4.78. The third-order valence-electron chi connectivity index (χ3n) is 0.952. The summed E-state index contributed by atoms with van der Waals surface area (Å²) < 4.78 is 11.4. The highest BCUT2D eigenvalue weighted by Gasteiger charge is 2.01. The fraction of sp³-hybridized carbons (Fsp3) is 0.800. The highest BCUT2D eigenvalue weighted by atomic mass is 19.1. The largest absolute Gasteiger partial charge is 0.397 e. The van der Waals surface area contributed by atoms with Crippen molar-refractivity contribution in [3.05, 3.63) is 0 Å². The van der Waals surface area contributed by atoms with E-state index in [0.29, 0.717) is 0 Å². The quantitative estimate of drug-likeness (QED) is 0.371. The number of aliphatic hydroxyl groups excluding tert-OH is 2. The number of halogens is 1. The third kappa shape index (κ3) is 5.46. The van der Waals surface area contributed by atoms with Crippen molar-refractivity contribution in [2.45, 2.75) is 12.5 Å². The zero-order chi connectivity index (χ0) is 7.98. The summed E-state index contributed by atoms with van der Waals surface area (Å²) in [5, 5.41) is 18.7. The molecule has 0 aliphatic rings. The van der Waals surface area contributed by atoms with Crippen LogP contribution in [0, 0.1) is 0 Å². The minimum atomic E-state index is -1.62. The molecule has 4 nitrogen and oxygen atoms in total. The Labute approximate surface area is 57.7 Å². The van der Waals surface area contributed by atoms with E-state index < -0.39 is 12.3 Å². The van der Waals surface area contributed by atoms with E-state index >= 15 is 0 Å². The van der Waals surface area contributed by atoms with E-state index in [1.54, 1.807) is 0 Å². The van der Waals surface area contributed by atoms with Gasteiger partial charge in [0.1, 0.15) is 0 Å². The Balaban J connectivity index is 3.11.